The van der Waals surface area contributed by atoms with Crippen molar-refractivity contribution < 1.29 is 14.6 Å². The summed E-state index contributed by atoms with van der Waals surface area (Å²) in [6.07, 6.45) is 3.37. The number of ether oxygens (including phenoxy) is 2. The molecule has 110 valence electrons. The number of benzene rings is 1. The quantitative estimate of drug-likeness (QED) is 0.906. The molecular weight excluding hydrogens is 270 g/mol. The Balaban J connectivity index is 2.26. The van der Waals surface area contributed by atoms with E-state index in [9.17, 15) is 9.90 Å². The first-order valence-electron chi connectivity index (χ1n) is 6.83. The van der Waals surface area contributed by atoms with Crippen LogP contribution in [0.5, 0.6) is 17.2 Å². The van der Waals surface area contributed by atoms with Gasteiger partial charge in [0.1, 0.15) is 17.2 Å². The van der Waals surface area contributed by atoms with Crippen LogP contribution < -0.4 is 15.0 Å². The van der Waals surface area contributed by atoms with Crippen molar-refractivity contribution in [3.63, 3.8) is 0 Å². The largest absolute Gasteiger partial charge is 0.507 e. The summed E-state index contributed by atoms with van der Waals surface area (Å²) in [5, 5.41) is 10.5. The first kappa shape index (κ1) is 13.5. The van der Waals surface area contributed by atoms with Crippen molar-refractivity contribution in [2.75, 3.05) is 14.2 Å². The molecule has 3 rings (SSSR count). The average molecular weight is 287 g/mol. The van der Waals surface area contributed by atoms with Gasteiger partial charge in [-0.15, -0.1) is 0 Å². The summed E-state index contributed by atoms with van der Waals surface area (Å²) in [5.41, 5.74) is 1.39. The van der Waals surface area contributed by atoms with Crippen molar-refractivity contribution in [3.8, 4) is 28.4 Å². The van der Waals surface area contributed by atoms with Crippen LogP contribution in [0, 0.1) is 0 Å². The van der Waals surface area contributed by atoms with Crippen LogP contribution in [0.25, 0.3) is 11.1 Å². The number of pyridine rings is 1. The van der Waals surface area contributed by atoms with Gasteiger partial charge in [-0.25, -0.2) is 0 Å². The molecule has 0 bridgehead atoms. The van der Waals surface area contributed by atoms with Crippen LogP contribution in [0.1, 0.15) is 24.3 Å². The molecule has 0 radical (unpaired) electrons. The maximum Gasteiger partial charge on any atom is 0.255 e. The first-order chi connectivity index (χ1) is 10.2. The summed E-state index contributed by atoms with van der Waals surface area (Å²) in [6.45, 7) is 0. The molecule has 1 aromatic heterocycles. The second kappa shape index (κ2) is 5.16. The van der Waals surface area contributed by atoms with E-state index in [1.807, 2.05) is 6.07 Å². The molecule has 0 saturated heterocycles. The highest BCUT2D eigenvalue weighted by atomic mass is 16.5. The number of methoxy groups -OCH3 is 2. The van der Waals surface area contributed by atoms with E-state index in [0.29, 0.717) is 28.2 Å². The van der Waals surface area contributed by atoms with E-state index < -0.39 is 0 Å². The lowest BCUT2D eigenvalue weighted by atomic mass is 10.0. The van der Waals surface area contributed by atoms with Crippen molar-refractivity contribution in [2.24, 2.45) is 0 Å². The topological polar surface area (TPSA) is 71.5 Å². The van der Waals surface area contributed by atoms with Gasteiger partial charge in [0, 0.05) is 11.8 Å². The minimum Gasteiger partial charge on any atom is -0.507 e. The van der Waals surface area contributed by atoms with E-state index >= 15 is 0 Å². The number of aromatic nitrogens is 1. The summed E-state index contributed by atoms with van der Waals surface area (Å²) in [4.78, 5) is 14.6. The SMILES string of the molecule is COc1cccc(OC)c1-c1c[nH]c(=O)c(C2CC2)c1O. The van der Waals surface area contributed by atoms with E-state index in [1.165, 1.54) is 6.20 Å². The molecule has 1 heterocycles. The van der Waals surface area contributed by atoms with Crippen molar-refractivity contribution in [1.29, 1.82) is 0 Å². The predicted octanol–water partition coefficient (Wildman–Crippen LogP) is 2.64. The molecule has 1 aliphatic rings. The van der Waals surface area contributed by atoms with Crippen LogP contribution >= 0.6 is 0 Å². The molecule has 0 unspecified atom stereocenters. The molecule has 1 aliphatic carbocycles. The molecule has 2 N–H and O–H groups in total. The molecule has 2 aromatic rings. The van der Waals surface area contributed by atoms with E-state index in [1.54, 1.807) is 26.4 Å². The zero-order valence-electron chi connectivity index (χ0n) is 12.0. The maximum atomic E-state index is 11.9. The number of rotatable bonds is 4. The molecule has 21 heavy (non-hydrogen) atoms. The molecule has 5 nitrogen and oxygen atoms in total. The van der Waals surface area contributed by atoms with Crippen molar-refractivity contribution in [3.05, 3.63) is 40.3 Å². The highest BCUT2D eigenvalue weighted by molar-refractivity contribution is 5.81. The number of hydrogen-bond donors (Lipinski definition) is 2. The number of H-pyrrole nitrogens is 1. The van der Waals surface area contributed by atoms with Gasteiger partial charge in [0.15, 0.2) is 0 Å². The van der Waals surface area contributed by atoms with E-state index in [4.69, 9.17) is 9.47 Å². The van der Waals surface area contributed by atoms with Gasteiger partial charge in [-0.3, -0.25) is 4.79 Å². The third-order valence-electron chi connectivity index (χ3n) is 3.79. The molecule has 0 aliphatic heterocycles. The Morgan fingerprint density at radius 2 is 1.81 bits per heavy atom. The highest BCUT2D eigenvalue weighted by Gasteiger charge is 2.31. The van der Waals surface area contributed by atoms with Crippen LogP contribution in [0.2, 0.25) is 0 Å². The minimum absolute atomic E-state index is 0.0176. The summed E-state index contributed by atoms with van der Waals surface area (Å²) in [7, 11) is 3.12. The van der Waals surface area contributed by atoms with Gasteiger partial charge in [0.25, 0.3) is 5.56 Å². The Morgan fingerprint density at radius 1 is 1.19 bits per heavy atom. The van der Waals surface area contributed by atoms with Gasteiger partial charge in [-0.2, -0.15) is 0 Å². The van der Waals surface area contributed by atoms with Gasteiger partial charge in [-0.1, -0.05) is 6.07 Å². The number of hydrogen-bond acceptors (Lipinski definition) is 4. The molecule has 0 spiro atoms. The van der Waals surface area contributed by atoms with Gasteiger partial charge in [0.05, 0.1) is 25.3 Å². The molecule has 0 amide bonds. The third kappa shape index (κ3) is 2.24. The fourth-order valence-corrected chi connectivity index (χ4v) is 2.59. The molecule has 1 fully saturated rings. The highest BCUT2D eigenvalue weighted by Crippen LogP contribution is 2.48. The van der Waals surface area contributed by atoms with Gasteiger partial charge in [-0.05, 0) is 30.9 Å². The summed E-state index contributed by atoms with van der Waals surface area (Å²) in [6, 6.07) is 5.39. The van der Waals surface area contributed by atoms with Crippen LogP contribution in [0.3, 0.4) is 0 Å². The lowest BCUT2D eigenvalue weighted by Crippen LogP contribution is -2.12. The van der Waals surface area contributed by atoms with E-state index in [0.717, 1.165) is 12.8 Å². The van der Waals surface area contributed by atoms with Crippen molar-refractivity contribution >= 4 is 0 Å². The normalized spacial score (nSPS) is 14.0. The molecule has 0 atom stereocenters. The van der Waals surface area contributed by atoms with Gasteiger partial charge in [0.2, 0.25) is 0 Å². The van der Waals surface area contributed by atoms with E-state index in [2.05, 4.69) is 4.98 Å². The standard InChI is InChI=1S/C16H17NO4/c1-20-11-4-3-5-12(21-2)14(11)10-8-17-16(19)13(15(10)18)9-6-7-9/h3-5,8-9H,6-7H2,1-2H3,(H2,17,18,19). The lowest BCUT2D eigenvalue weighted by Gasteiger charge is -2.15. The Hall–Kier alpha value is -2.43. The fourth-order valence-electron chi connectivity index (χ4n) is 2.59. The number of aromatic hydroxyl groups is 1. The summed E-state index contributed by atoms with van der Waals surface area (Å²) in [5.74, 6) is 1.33. The Bertz CT molecular complexity index is 709. The third-order valence-corrected chi connectivity index (χ3v) is 3.79. The molecule has 1 saturated carbocycles. The second-order valence-electron chi connectivity index (χ2n) is 5.11. The van der Waals surface area contributed by atoms with Crippen molar-refractivity contribution in [2.45, 2.75) is 18.8 Å². The maximum absolute atomic E-state index is 11.9. The first-order valence-corrected chi connectivity index (χ1v) is 6.83. The van der Waals surface area contributed by atoms with Crippen LogP contribution in [-0.2, 0) is 0 Å². The minimum atomic E-state index is -0.229. The van der Waals surface area contributed by atoms with Crippen molar-refractivity contribution in [1.82, 2.24) is 4.98 Å². The van der Waals surface area contributed by atoms with Crippen LogP contribution in [-0.4, -0.2) is 24.3 Å². The summed E-state index contributed by atoms with van der Waals surface area (Å²) >= 11 is 0. The second-order valence-corrected chi connectivity index (χ2v) is 5.11. The Morgan fingerprint density at radius 3 is 2.33 bits per heavy atom. The molecule has 1 aromatic carbocycles. The number of nitrogens with one attached hydrogen (secondary N) is 1. The summed E-state index contributed by atoms with van der Waals surface area (Å²) < 4.78 is 10.7. The van der Waals surface area contributed by atoms with E-state index in [-0.39, 0.29) is 17.2 Å². The Labute approximate surface area is 122 Å². The molecular formula is C16H17NO4. The smallest absolute Gasteiger partial charge is 0.255 e. The predicted molar refractivity (Wildman–Crippen MR) is 79.2 cm³/mol. The fraction of sp³-hybridized carbons (Fsp3) is 0.312. The van der Waals surface area contributed by atoms with Gasteiger partial charge >= 0.3 is 0 Å². The zero-order chi connectivity index (χ0) is 15.0. The van der Waals surface area contributed by atoms with Crippen LogP contribution in [0.4, 0.5) is 0 Å². The zero-order valence-corrected chi connectivity index (χ0v) is 12.0. The average Bonchev–Trinajstić information content (AvgIpc) is 3.31. The number of aromatic amines is 1. The van der Waals surface area contributed by atoms with Crippen LogP contribution in [0.15, 0.2) is 29.2 Å². The van der Waals surface area contributed by atoms with Gasteiger partial charge < -0.3 is 19.6 Å². The molecule has 5 heteroatoms. The lowest BCUT2D eigenvalue weighted by molar-refractivity contribution is 0.396. The Kier molecular flexibility index (Phi) is 3.33. The monoisotopic (exact) mass is 287 g/mol.